The molecule has 0 aliphatic carbocycles. The van der Waals surface area contributed by atoms with Crippen LogP contribution >= 0.6 is 23.2 Å². The molecule has 0 spiro atoms. The average molecular weight is 423 g/mol. The minimum atomic E-state index is -2.66. The van der Waals surface area contributed by atoms with Crippen LogP contribution < -0.4 is 0 Å². The molecule has 2 aromatic rings. The maximum atomic E-state index is 14.1. The van der Waals surface area contributed by atoms with Crippen molar-refractivity contribution in [2.24, 2.45) is 0 Å². The summed E-state index contributed by atoms with van der Waals surface area (Å²) in [4.78, 5) is 22.7. The molecule has 0 bridgehead atoms. The third kappa shape index (κ3) is 2.82. The van der Waals surface area contributed by atoms with Crippen LogP contribution in [0.5, 0.6) is 0 Å². The molecule has 0 fully saturated rings. The number of rotatable bonds is 3. The van der Waals surface area contributed by atoms with Crippen LogP contribution in [0.3, 0.4) is 0 Å². The van der Waals surface area contributed by atoms with Crippen LogP contribution in [0.15, 0.2) is 0 Å². The van der Waals surface area contributed by atoms with Crippen molar-refractivity contribution in [1.29, 1.82) is 0 Å². The van der Waals surface area contributed by atoms with Gasteiger partial charge in [-0.15, -0.1) is 0 Å². The highest BCUT2D eigenvalue weighted by atomic mass is 35.5. The van der Waals surface area contributed by atoms with Gasteiger partial charge in [-0.1, -0.05) is 0 Å². The molecule has 138 valence electrons. The Hall–Kier alpha value is -2.20. The summed E-state index contributed by atoms with van der Waals surface area (Å²) in [5, 5.41) is -3.93. The molecule has 0 aliphatic heterocycles. The molecule has 0 atom stereocenters. The van der Waals surface area contributed by atoms with Crippen LogP contribution in [0.1, 0.15) is 20.7 Å². The summed E-state index contributed by atoms with van der Waals surface area (Å²) >= 11 is 9.94. The highest BCUT2D eigenvalue weighted by Gasteiger charge is 2.36. The molecule has 2 rings (SSSR count). The van der Waals surface area contributed by atoms with E-state index in [2.05, 4.69) is 0 Å². The van der Waals surface area contributed by atoms with Crippen molar-refractivity contribution in [2.75, 3.05) is 0 Å². The zero-order valence-corrected chi connectivity index (χ0v) is 13.1. The molecular weight excluding hydrogens is 423 g/mol. The van der Waals surface area contributed by atoms with Gasteiger partial charge >= 0.3 is 0 Å². The number of benzene rings is 2. The van der Waals surface area contributed by atoms with Gasteiger partial charge in [-0.25, -0.2) is 35.1 Å². The van der Waals surface area contributed by atoms with Gasteiger partial charge < -0.3 is 0 Å². The fourth-order valence-electron chi connectivity index (χ4n) is 2.10. The van der Waals surface area contributed by atoms with Crippen LogP contribution in [0.2, 0.25) is 0 Å². The lowest BCUT2D eigenvalue weighted by atomic mass is 9.93. The van der Waals surface area contributed by atoms with E-state index in [1.54, 1.807) is 0 Å². The predicted molar refractivity (Wildman–Crippen MR) is 71.9 cm³/mol. The molecule has 0 saturated carbocycles. The highest BCUT2D eigenvalue weighted by Crippen LogP contribution is 2.39. The Morgan fingerprint density at radius 3 is 1.15 bits per heavy atom. The van der Waals surface area contributed by atoms with Gasteiger partial charge in [0.2, 0.25) is 5.82 Å². The lowest BCUT2D eigenvalue weighted by Gasteiger charge is -2.15. The van der Waals surface area contributed by atoms with Crippen LogP contribution in [-0.2, 0) is 0 Å². The Labute approximate surface area is 147 Å². The standard InChI is InChI=1S/C14Cl2F8O2/c15-13(25)2-1(5(17)9(21)8(20)4(2)14(16)26)3-6(18)10(22)12(24)11(23)7(3)19. The van der Waals surface area contributed by atoms with E-state index in [0.29, 0.717) is 0 Å². The molecule has 0 saturated heterocycles. The maximum absolute atomic E-state index is 14.1. The van der Waals surface area contributed by atoms with Crippen LogP contribution in [-0.4, -0.2) is 10.5 Å². The van der Waals surface area contributed by atoms with Crippen molar-refractivity contribution in [3.63, 3.8) is 0 Å². The first-order valence-electron chi connectivity index (χ1n) is 6.05. The Morgan fingerprint density at radius 2 is 0.769 bits per heavy atom. The van der Waals surface area contributed by atoms with E-state index in [4.69, 9.17) is 23.2 Å². The molecule has 0 aromatic heterocycles. The molecule has 0 N–H and O–H groups in total. The molecule has 26 heavy (non-hydrogen) atoms. The molecule has 0 radical (unpaired) electrons. The van der Waals surface area contributed by atoms with Gasteiger partial charge in [-0.05, 0) is 23.2 Å². The topological polar surface area (TPSA) is 34.1 Å². The van der Waals surface area contributed by atoms with Crippen molar-refractivity contribution in [3.8, 4) is 11.1 Å². The highest BCUT2D eigenvalue weighted by molar-refractivity contribution is 6.72. The van der Waals surface area contributed by atoms with Gasteiger partial charge in [-0.2, -0.15) is 0 Å². The second-order valence-electron chi connectivity index (χ2n) is 4.56. The van der Waals surface area contributed by atoms with Crippen molar-refractivity contribution >= 4 is 33.7 Å². The van der Waals surface area contributed by atoms with Gasteiger partial charge in [-0.3, -0.25) is 9.59 Å². The second-order valence-corrected chi connectivity index (χ2v) is 5.25. The van der Waals surface area contributed by atoms with E-state index >= 15 is 0 Å². The monoisotopic (exact) mass is 422 g/mol. The Kier molecular flexibility index (Phi) is 5.29. The third-order valence-electron chi connectivity index (χ3n) is 3.18. The fourth-order valence-corrected chi connectivity index (χ4v) is 2.47. The van der Waals surface area contributed by atoms with Gasteiger partial charge in [0, 0.05) is 5.56 Å². The van der Waals surface area contributed by atoms with Crippen LogP contribution in [0.25, 0.3) is 11.1 Å². The van der Waals surface area contributed by atoms with Gasteiger partial charge in [0.1, 0.15) is 0 Å². The first-order valence-corrected chi connectivity index (χ1v) is 6.80. The number of halogens is 10. The minimum Gasteiger partial charge on any atom is -0.276 e. The summed E-state index contributed by atoms with van der Waals surface area (Å²) < 4.78 is 109. The number of carbonyl (C=O) groups is 2. The summed E-state index contributed by atoms with van der Waals surface area (Å²) in [5.74, 6) is -20.6. The summed E-state index contributed by atoms with van der Waals surface area (Å²) in [7, 11) is 0. The summed E-state index contributed by atoms with van der Waals surface area (Å²) in [5.41, 5.74) is -7.56. The molecule has 2 nitrogen and oxygen atoms in total. The van der Waals surface area contributed by atoms with E-state index in [1.807, 2.05) is 0 Å². The zero-order valence-electron chi connectivity index (χ0n) is 11.6. The largest absolute Gasteiger partial charge is 0.276 e. The number of carbonyl (C=O) groups excluding carboxylic acids is 2. The lowest BCUT2D eigenvalue weighted by Crippen LogP contribution is -2.15. The molecular formula is C14Cl2F8O2. The lowest BCUT2D eigenvalue weighted by molar-refractivity contribution is 0.104. The number of hydrogen-bond donors (Lipinski definition) is 0. The normalized spacial score (nSPS) is 11.0. The Balaban J connectivity index is 3.21. The maximum Gasteiger partial charge on any atom is 0.256 e. The predicted octanol–water partition coefficient (Wildman–Crippen LogP) is 5.22. The summed E-state index contributed by atoms with van der Waals surface area (Å²) in [6, 6.07) is 0. The van der Waals surface area contributed by atoms with Crippen LogP contribution in [0.4, 0.5) is 35.1 Å². The molecule has 0 heterocycles. The Bertz CT molecular complexity index is 961. The van der Waals surface area contributed by atoms with E-state index in [1.165, 1.54) is 0 Å². The van der Waals surface area contributed by atoms with Gasteiger partial charge in [0.15, 0.2) is 40.7 Å². The SMILES string of the molecule is O=C(Cl)c1c(F)c(F)c(F)c(-c2c(F)c(F)c(F)c(F)c2F)c1C(=O)Cl. The molecule has 2 aromatic carbocycles. The Morgan fingerprint density at radius 1 is 0.462 bits per heavy atom. The van der Waals surface area contributed by atoms with Crippen molar-refractivity contribution < 1.29 is 44.7 Å². The first-order chi connectivity index (χ1) is 11.9. The smallest absolute Gasteiger partial charge is 0.256 e. The molecule has 0 amide bonds. The van der Waals surface area contributed by atoms with Crippen LogP contribution in [0, 0.1) is 46.5 Å². The quantitative estimate of drug-likeness (QED) is 0.294. The zero-order chi connectivity index (χ0) is 20.1. The molecule has 0 unspecified atom stereocenters. The van der Waals surface area contributed by atoms with Gasteiger partial charge in [0.25, 0.3) is 10.5 Å². The van der Waals surface area contributed by atoms with Crippen molar-refractivity contribution in [1.82, 2.24) is 0 Å². The number of hydrogen-bond acceptors (Lipinski definition) is 2. The van der Waals surface area contributed by atoms with E-state index < -0.39 is 79.3 Å². The second kappa shape index (κ2) is 6.84. The molecule has 0 aliphatic rings. The van der Waals surface area contributed by atoms with Crippen molar-refractivity contribution in [3.05, 3.63) is 57.7 Å². The third-order valence-corrected chi connectivity index (χ3v) is 3.56. The first kappa shape index (κ1) is 20.1. The fraction of sp³-hybridized carbons (Fsp3) is 0. The minimum absolute atomic E-state index is 1.72. The summed E-state index contributed by atoms with van der Waals surface area (Å²) in [6.45, 7) is 0. The van der Waals surface area contributed by atoms with E-state index in [9.17, 15) is 44.7 Å². The van der Waals surface area contributed by atoms with Crippen molar-refractivity contribution in [2.45, 2.75) is 0 Å². The van der Waals surface area contributed by atoms with E-state index in [-0.39, 0.29) is 0 Å². The summed E-state index contributed by atoms with van der Waals surface area (Å²) in [6.07, 6.45) is 0. The van der Waals surface area contributed by atoms with E-state index in [0.717, 1.165) is 0 Å². The van der Waals surface area contributed by atoms with Gasteiger partial charge in [0.05, 0.1) is 16.7 Å². The average Bonchev–Trinajstić information content (AvgIpc) is 2.57. The molecule has 12 heteroatoms.